The minimum Gasteiger partial charge on any atom is -0.406 e. The molecule has 35 heavy (non-hydrogen) atoms. The van der Waals surface area contributed by atoms with Gasteiger partial charge in [-0.25, -0.2) is 9.18 Å². The van der Waals surface area contributed by atoms with Crippen molar-refractivity contribution in [3.8, 4) is 5.75 Å². The smallest absolute Gasteiger partial charge is 0.406 e. The second kappa shape index (κ2) is 10.0. The van der Waals surface area contributed by atoms with Gasteiger partial charge in [-0.3, -0.25) is 9.69 Å². The summed E-state index contributed by atoms with van der Waals surface area (Å²) in [5.74, 6) is -1.39. The molecule has 0 radical (unpaired) electrons. The molecule has 1 aliphatic heterocycles. The average Bonchev–Trinajstić information content (AvgIpc) is 2.81. The zero-order valence-electron chi connectivity index (χ0n) is 18.4. The third-order valence-electron chi connectivity index (χ3n) is 5.37. The van der Waals surface area contributed by atoms with Crippen LogP contribution in [0.25, 0.3) is 0 Å². The molecule has 3 aromatic carbocycles. The molecule has 3 amide bonds. The van der Waals surface area contributed by atoms with Gasteiger partial charge in [-0.2, -0.15) is 0 Å². The number of nitrogens with zero attached hydrogens (tertiary/aromatic N) is 2. The van der Waals surface area contributed by atoms with E-state index in [0.29, 0.717) is 36.4 Å². The van der Waals surface area contributed by atoms with Gasteiger partial charge in [0.1, 0.15) is 11.6 Å². The van der Waals surface area contributed by atoms with E-state index in [2.05, 4.69) is 10.1 Å². The fourth-order valence-electron chi connectivity index (χ4n) is 3.81. The second-order valence-corrected chi connectivity index (χ2v) is 7.88. The van der Waals surface area contributed by atoms with E-state index in [-0.39, 0.29) is 23.9 Å². The SMILES string of the molecule is O=C(Nc1ccccc1N1CCCN(Cc2ccc(OC(F)(F)F)cc2)C1=O)c1cccc(F)c1. The van der Waals surface area contributed by atoms with Gasteiger partial charge in [0.25, 0.3) is 5.91 Å². The highest BCUT2D eigenvalue weighted by atomic mass is 19.4. The number of para-hydroxylation sites is 2. The Labute approximate surface area is 198 Å². The van der Waals surface area contributed by atoms with Gasteiger partial charge < -0.3 is 15.0 Å². The molecule has 0 aliphatic carbocycles. The number of carbonyl (C=O) groups is 2. The summed E-state index contributed by atoms with van der Waals surface area (Å²) in [6.07, 6.45) is -4.13. The normalized spacial score (nSPS) is 14.1. The minimum atomic E-state index is -4.78. The van der Waals surface area contributed by atoms with Crippen LogP contribution in [-0.4, -0.2) is 36.3 Å². The zero-order chi connectivity index (χ0) is 25.0. The lowest BCUT2D eigenvalue weighted by molar-refractivity contribution is -0.274. The van der Waals surface area contributed by atoms with Crippen LogP contribution in [0, 0.1) is 5.82 Å². The summed E-state index contributed by atoms with van der Waals surface area (Å²) in [5.41, 5.74) is 1.67. The fraction of sp³-hybridized carbons (Fsp3) is 0.200. The van der Waals surface area contributed by atoms with Crippen LogP contribution < -0.4 is 15.0 Å². The molecule has 1 saturated heterocycles. The van der Waals surface area contributed by atoms with Gasteiger partial charge in [0.15, 0.2) is 0 Å². The van der Waals surface area contributed by atoms with Crippen LogP contribution in [0.4, 0.5) is 33.7 Å². The second-order valence-electron chi connectivity index (χ2n) is 7.88. The number of carbonyl (C=O) groups excluding carboxylic acids is 2. The van der Waals surface area contributed by atoms with Gasteiger partial charge in [-0.05, 0) is 54.4 Å². The highest BCUT2D eigenvalue weighted by Crippen LogP contribution is 2.30. The lowest BCUT2D eigenvalue weighted by Crippen LogP contribution is -2.49. The van der Waals surface area contributed by atoms with Crippen molar-refractivity contribution in [1.29, 1.82) is 0 Å². The van der Waals surface area contributed by atoms with Gasteiger partial charge in [-0.1, -0.05) is 30.3 Å². The molecule has 1 aliphatic rings. The monoisotopic (exact) mass is 487 g/mol. The number of amides is 3. The maximum atomic E-state index is 13.5. The highest BCUT2D eigenvalue weighted by Gasteiger charge is 2.31. The van der Waals surface area contributed by atoms with Gasteiger partial charge in [-0.15, -0.1) is 13.2 Å². The van der Waals surface area contributed by atoms with Gasteiger partial charge in [0, 0.05) is 25.2 Å². The molecule has 3 aromatic rings. The van der Waals surface area contributed by atoms with Crippen LogP contribution in [0.5, 0.6) is 5.75 Å². The first kappa shape index (κ1) is 24.1. The van der Waals surface area contributed by atoms with Gasteiger partial charge >= 0.3 is 12.4 Å². The summed E-state index contributed by atoms with van der Waals surface area (Å²) in [6, 6.07) is 17.1. The molecule has 1 fully saturated rings. The van der Waals surface area contributed by atoms with Crippen LogP contribution in [0.3, 0.4) is 0 Å². The van der Waals surface area contributed by atoms with Crippen molar-refractivity contribution in [1.82, 2.24) is 4.90 Å². The van der Waals surface area contributed by atoms with E-state index in [1.165, 1.54) is 47.4 Å². The van der Waals surface area contributed by atoms with Crippen LogP contribution >= 0.6 is 0 Å². The summed E-state index contributed by atoms with van der Waals surface area (Å²) in [5, 5.41) is 2.74. The third-order valence-corrected chi connectivity index (χ3v) is 5.37. The molecule has 0 unspecified atom stereocenters. The maximum Gasteiger partial charge on any atom is 0.573 e. The largest absolute Gasteiger partial charge is 0.573 e. The number of alkyl halides is 3. The van der Waals surface area contributed by atoms with Crippen molar-refractivity contribution >= 4 is 23.3 Å². The Morgan fingerprint density at radius 3 is 2.43 bits per heavy atom. The Balaban J connectivity index is 1.48. The van der Waals surface area contributed by atoms with E-state index in [1.807, 2.05) is 0 Å². The van der Waals surface area contributed by atoms with Gasteiger partial charge in [0.2, 0.25) is 0 Å². The van der Waals surface area contributed by atoms with Crippen molar-refractivity contribution in [2.75, 3.05) is 23.3 Å². The summed E-state index contributed by atoms with van der Waals surface area (Å²) < 4.78 is 54.5. The van der Waals surface area contributed by atoms with Gasteiger partial charge in [0.05, 0.1) is 11.4 Å². The van der Waals surface area contributed by atoms with Crippen molar-refractivity contribution in [2.45, 2.75) is 19.3 Å². The molecule has 1 heterocycles. The van der Waals surface area contributed by atoms with Crippen molar-refractivity contribution in [3.63, 3.8) is 0 Å². The Bertz CT molecular complexity index is 1220. The summed E-state index contributed by atoms with van der Waals surface area (Å²) in [4.78, 5) is 29.0. The Morgan fingerprint density at radius 2 is 1.71 bits per heavy atom. The highest BCUT2D eigenvalue weighted by molar-refractivity contribution is 6.07. The zero-order valence-corrected chi connectivity index (χ0v) is 18.4. The van der Waals surface area contributed by atoms with E-state index in [4.69, 9.17) is 0 Å². The lowest BCUT2D eigenvalue weighted by Gasteiger charge is -2.36. The first-order valence-corrected chi connectivity index (χ1v) is 10.8. The Morgan fingerprint density at radius 1 is 0.971 bits per heavy atom. The van der Waals surface area contributed by atoms with E-state index >= 15 is 0 Å². The van der Waals surface area contributed by atoms with E-state index in [1.54, 1.807) is 29.2 Å². The molecule has 0 saturated carbocycles. The number of hydrogen-bond donors (Lipinski definition) is 1. The number of nitrogens with one attached hydrogen (secondary N) is 1. The maximum absolute atomic E-state index is 13.5. The molecular formula is C25H21F4N3O3. The number of hydrogen-bond acceptors (Lipinski definition) is 3. The number of anilines is 2. The van der Waals surface area contributed by atoms with Crippen molar-refractivity contribution in [2.24, 2.45) is 0 Å². The Kier molecular flexibility index (Phi) is 6.90. The average molecular weight is 487 g/mol. The summed E-state index contributed by atoms with van der Waals surface area (Å²) >= 11 is 0. The summed E-state index contributed by atoms with van der Waals surface area (Å²) in [7, 11) is 0. The third kappa shape index (κ3) is 6.08. The molecule has 182 valence electrons. The Hall–Kier alpha value is -4.08. The molecule has 10 heteroatoms. The molecule has 0 aromatic heterocycles. The van der Waals surface area contributed by atoms with E-state index in [0.717, 1.165) is 6.07 Å². The molecule has 0 spiro atoms. The van der Waals surface area contributed by atoms with Crippen LogP contribution in [0.1, 0.15) is 22.3 Å². The predicted octanol–water partition coefficient (Wildman–Crippen LogP) is 5.81. The first-order valence-electron chi connectivity index (χ1n) is 10.8. The molecule has 0 bridgehead atoms. The van der Waals surface area contributed by atoms with E-state index in [9.17, 15) is 27.2 Å². The standard InChI is InChI=1S/C25H21F4N3O3/c26-19-6-3-5-18(15-19)23(33)30-21-7-1-2-8-22(21)32-14-4-13-31(24(32)34)16-17-9-11-20(12-10-17)35-25(27,28)29/h1-3,5-12,15H,4,13-14,16H2,(H,30,33). The van der Waals surface area contributed by atoms with Crippen molar-refractivity contribution in [3.05, 3.63) is 89.7 Å². The van der Waals surface area contributed by atoms with Crippen LogP contribution in [-0.2, 0) is 6.54 Å². The number of ether oxygens (including phenoxy) is 1. The lowest BCUT2D eigenvalue weighted by atomic mass is 10.1. The molecule has 6 nitrogen and oxygen atoms in total. The van der Waals surface area contributed by atoms with Crippen molar-refractivity contribution < 1.29 is 31.9 Å². The molecule has 4 rings (SSSR count). The number of halogens is 4. The fourth-order valence-corrected chi connectivity index (χ4v) is 3.81. The number of benzene rings is 3. The first-order chi connectivity index (χ1) is 16.7. The van der Waals surface area contributed by atoms with E-state index < -0.39 is 18.1 Å². The topological polar surface area (TPSA) is 61.9 Å². The predicted molar refractivity (Wildman–Crippen MR) is 122 cm³/mol. The number of urea groups is 1. The van der Waals surface area contributed by atoms with Crippen LogP contribution in [0.2, 0.25) is 0 Å². The molecular weight excluding hydrogens is 466 g/mol. The molecule has 0 atom stereocenters. The summed E-state index contributed by atoms with van der Waals surface area (Å²) in [6.45, 7) is 1.08. The van der Waals surface area contributed by atoms with Crippen LogP contribution in [0.15, 0.2) is 72.8 Å². The number of rotatable bonds is 6. The molecule has 1 N–H and O–H groups in total. The quantitative estimate of drug-likeness (QED) is 0.447. The minimum absolute atomic E-state index is 0.143.